The van der Waals surface area contributed by atoms with Crippen molar-refractivity contribution in [1.29, 1.82) is 0 Å². The molecule has 0 unspecified atom stereocenters. The number of likely N-dealkylation sites (tertiary alicyclic amines) is 1. The van der Waals surface area contributed by atoms with E-state index in [0.29, 0.717) is 17.6 Å². The summed E-state index contributed by atoms with van der Waals surface area (Å²) in [4.78, 5) is 23.1. The zero-order chi connectivity index (χ0) is 18.5. The zero-order valence-electron chi connectivity index (χ0n) is 15.6. The summed E-state index contributed by atoms with van der Waals surface area (Å²) in [6.07, 6.45) is 3.85. The second-order valence-corrected chi connectivity index (χ2v) is 7.06. The van der Waals surface area contributed by atoms with Gasteiger partial charge in [0, 0.05) is 25.0 Å². The van der Waals surface area contributed by atoms with Gasteiger partial charge in [-0.1, -0.05) is 6.92 Å². The van der Waals surface area contributed by atoms with Gasteiger partial charge in [0.25, 0.3) is 5.91 Å². The van der Waals surface area contributed by atoms with Gasteiger partial charge in [-0.25, -0.2) is 9.97 Å². The Labute approximate surface area is 154 Å². The molecule has 1 amide bonds. The summed E-state index contributed by atoms with van der Waals surface area (Å²) in [5.41, 5.74) is 1.27. The molecule has 0 saturated carbocycles. The highest BCUT2D eigenvalue weighted by molar-refractivity contribution is 5.92. The van der Waals surface area contributed by atoms with Crippen molar-refractivity contribution in [2.75, 3.05) is 18.4 Å². The highest BCUT2D eigenvalue weighted by atomic mass is 16.5. The van der Waals surface area contributed by atoms with Crippen molar-refractivity contribution in [2.24, 2.45) is 5.92 Å². The van der Waals surface area contributed by atoms with Crippen molar-refractivity contribution in [3.63, 3.8) is 0 Å². The molecule has 1 aromatic carbocycles. The molecule has 0 bridgehead atoms. The van der Waals surface area contributed by atoms with Crippen LogP contribution < -0.4 is 10.1 Å². The van der Waals surface area contributed by atoms with Crippen LogP contribution in [0.4, 0.5) is 11.6 Å². The second-order valence-electron chi connectivity index (χ2n) is 7.06. The number of hydrogen-bond donors (Lipinski definition) is 1. The normalized spacial score (nSPS) is 15.2. The van der Waals surface area contributed by atoms with E-state index in [1.54, 1.807) is 12.3 Å². The summed E-state index contributed by atoms with van der Waals surface area (Å²) in [6, 6.07) is 9.27. The number of anilines is 2. The molecule has 0 radical (unpaired) electrons. The van der Waals surface area contributed by atoms with Crippen LogP contribution in [0.5, 0.6) is 5.75 Å². The molecular formula is C20H26N4O2. The SMILES string of the molecule is CC1CCN(C(=O)c2ccnc(Nc3ccc(OC(C)C)cc3)n2)CC1. The van der Waals surface area contributed by atoms with Gasteiger partial charge in [-0.3, -0.25) is 4.79 Å². The minimum atomic E-state index is -0.0250. The van der Waals surface area contributed by atoms with E-state index in [1.165, 1.54) is 0 Å². The monoisotopic (exact) mass is 354 g/mol. The molecule has 2 aromatic rings. The predicted molar refractivity (Wildman–Crippen MR) is 102 cm³/mol. The summed E-state index contributed by atoms with van der Waals surface area (Å²) >= 11 is 0. The number of aromatic nitrogens is 2. The first-order chi connectivity index (χ1) is 12.5. The fourth-order valence-corrected chi connectivity index (χ4v) is 2.93. The molecule has 0 spiro atoms. The lowest BCUT2D eigenvalue weighted by atomic mass is 9.99. The van der Waals surface area contributed by atoms with Crippen LogP contribution >= 0.6 is 0 Å². The first-order valence-corrected chi connectivity index (χ1v) is 9.17. The van der Waals surface area contributed by atoms with Crippen LogP contribution in [-0.4, -0.2) is 40.0 Å². The minimum absolute atomic E-state index is 0.0250. The number of rotatable bonds is 5. The third kappa shape index (κ3) is 4.71. The summed E-state index contributed by atoms with van der Waals surface area (Å²) in [5.74, 6) is 1.89. The number of carbonyl (C=O) groups excluding carboxylic acids is 1. The number of hydrogen-bond acceptors (Lipinski definition) is 5. The molecule has 138 valence electrons. The van der Waals surface area contributed by atoms with Gasteiger partial charge >= 0.3 is 0 Å². The van der Waals surface area contributed by atoms with Crippen molar-refractivity contribution in [2.45, 2.75) is 39.7 Å². The zero-order valence-corrected chi connectivity index (χ0v) is 15.6. The summed E-state index contributed by atoms with van der Waals surface area (Å²) in [6.45, 7) is 7.80. The molecule has 1 aliphatic rings. The maximum Gasteiger partial charge on any atom is 0.272 e. The van der Waals surface area contributed by atoms with Crippen molar-refractivity contribution >= 4 is 17.5 Å². The highest BCUT2D eigenvalue weighted by Crippen LogP contribution is 2.20. The maximum atomic E-state index is 12.6. The van der Waals surface area contributed by atoms with Gasteiger partial charge < -0.3 is 15.0 Å². The van der Waals surface area contributed by atoms with E-state index >= 15 is 0 Å². The van der Waals surface area contributed by atoms with Crippen molar-refractivity contribution in [1.82, 2.24) is 14.9 Å². The first kappa shape index (κ1) is 18.2. The van der Waals surface area contributed by atoms with Gasteiger partial charge in [0.05, 0.1) is 6.10 Å². The third-order valence-electron chi connectivity index (χ3n) is 4.43. The largest absolute Gasteiger partial charge is 0.491 e. The molecule has 3 rings (SSSR count). The van der Waals surface area contributed by atoms with Crippen molar-refractivity contribution in [3.05, 3.63) is 42.2 Å². The van der Waals surface area contributed by atoms with E-state index in [9.17, 15) is 4.79 Å². The Bertz CT molecular complexity index is 738. The molecule has 0 aliphatic carbocycles. The average Bonchev–Trinajstić information content (AvgIpc) is 2.63. The lowest BCUT2D eigenvalue weighted by Gasteiger charge is -2.30. The van der Waals surface area contributed by atoms with Gasteiger partial charge in [0.2, 0.25) is 5.95 Å². The Kier molecular flexibility index (Phi) is 5.71. The number of carbonyl (C=O) groups is 1. The Morgan fingerprint density at radius 1 is 1.19 bits per heavy atom. The van der Waals surface area contributed by atoms with E-state index < -0.39 is 0 Å². The number of piperidine rings is 1. The molecule has 1 saturated heterocycles. The quantitative estimate of drug-likeness (QED) is 0.882. The van der Waals surface area contributed by atoms with E-state index in [4.69, 9.17) is 4.74 Å². The van der Waals surface area contributed by atoms with Crippen LogP contribution in [0.1, 0.15) is 44.1 Å². The highest BCUT2D eigenvalue weighted by Gasteiger charge is 2.22. The third-order valence-corrected chi connectivity index (χ3v) is 4.43. The van der Waals surface area contributed by atoms with Crippen LogP contribution in [0.15, 0.2) is 36.5 Å². The number of benzene rings is 1. The fraction of sp³-hybridized carbons (Fsp3) is 0.450. The van der Waals surface area contributed by atoms with Gasteiger partial charge in [-0.15, -0.1) is 0 Å². The van der Waals surface area contributed by atoms with Gasteiger partial charge in [0.15, 0.2) is 0 Å². The van der Waals surface area contributed by atoms with Crippen LogP contribution in [0.3, 0.4) is 0 Å². The maximum absolute atomic E-state index is 12.6. The molecular weight excluding hydrogens is 328 g/mol. The molecule has 1 N–H and O–H groups in total. The van der Waals surface area contributed by atoms with Gasteiger partial charge in [-0.05, 0) is 62.9 Å². The topological polar surface area (TPSA) is 67.4 Å². The number of ether oxygens (including phenoxy) is 1. The van der Waals surface area contributed by atoms with E-state index in [2.05, 4.69) is 22.2 Å². The van der Waals surface area contributed by atoms with E-state index in [1.807, 2.05) is 43.0 Å². The molecule has 1 aliphatic heterocycles. The number of nitrogens with one attached hydrogen (secondary N) is 1. The van der Waals surface area contributed by atoms with Gasteiger partial charge in [-0.2, -0.15) is 0 Å². The van der Waals surface area contributed by atoms with Crippen molar-refractivity contribution in [3.8, 4) is 5.75 Å². The van der Waals surface area contributed by atoms with Crippen molar-refractivity contribution < 1.29 is 9.53 Å². The second kappa shape index (κ2) is 8.17. The number of nitrogens with zero attached hydrogens (tertiary/aromatic N) is 3. The van der Waals surface area contributed by atoms with E-state index in [0.717, 1.165) is 37.4 Å². The summed E-state index contributed by atoms with van der Waals surface area (Å²) in [7, 11) is 0. The molecule has 1 fully saturated rings. The minimum Gasteiger partial charge on any atom is -0.491 e. The van der Waals surface area contributed by atoms with Crippen LogP contribution in [0, 0.1) is 5.92 Å². The Balaban J connectivity index is 1.66. The van der Waals surface area contributed by atoms with Gasteiger partial charge in [0.1, 0.15) is 11.4 Å². The molecule has 0 atom stereocenters. The van der Waals surface area contributed by atoms with E-state index in [-0.39, 0.29) is 12.0 Å². The molecule has 26 heavy (non-hydrogen) atoms. The Morgan fingerprint density at radius 2 is 1.88 bits per heavy atom. The fourth-order valence-electron chi connectivity index (χ4n) is 2.93. The van der Waals surface area contributed by atoms with Crippen LogP contribution in [0.2, 0.25) is 0 Å². The Hall–Kier alpha value is -2.63. The Morgan fingerprint density at radius 3 is 2.54 bits per heavy atom. The first-order valence-electron chi connectivity index (χ1n) is 9.17. The molecule has 6 heteroatoms. The lowest BCUT2D eigenvalue weighted by Crippen LogP contribution is -2.38. The summed E-state index contributed by atoms with van der Waals surface area (Å²) in [5, 5.41) is 3.14. The van der Waals surface area contributed by atoms with Crippen LogP contribution in [-0.2, 0) is 0 Å². The number of amides is 1. The molecule has 6 nitrogen and oxygen atoms in total. The molecule has 2 heterocycles. The average molecular weight is 354 g/mol. The van der Waals surface area contributed by atoms with Crippen LogP contribution in [0.25, 0.3) is 0 Å². The standard InChI is InChI=1S/C20H26N4O2/c1-14(2)26-17-6-4-16(5-7-17)22-20-21-11-8-18(23-20)19(25)24-12-9-15(3)10-13-24/h4-8,11,14-15H,9-10,12-13H2,1-3H3,(H,21,22,23). The lowest BCUT2D eigenvalue weighted by molar-refractivity contribution is 0.0691. The summed E-state index contributed by atoms with van der Waals surface area (Å²) < 4.78 is 5.64. The smallest absolute Gasteiger partial charge is 0.272 e. The predicted octanol–water partition coefficient (Wildman–Crippen LogP) is 3.88. The molecule has 1 aromatic heterocycles.